The number of Topliss-reactive ketones (excluding diaryl/α,β-unsaturated/α-hetero) is 1. The number of aromatic amines is 2. The zero-order chi connectivity index (χ0) is 31.2. The fourth-order valence-electron chi connectivity index (χ4n) is 7.69. The Labute approximate surface area is 265 Å². The Bertz CT molecular complexity index is 1760. The van der Waals surface area contributed by atoms with Gasteiger partial charge in [-0.05, 0) is 95.3 Å². The number of hydrogen-bond donors (Lipinski definition) is 2. The minimum absolute atomic E-state index is 0.165. The maximum absolute atomic E-state index is 14.0. The van der Waals surface area contributed by atoms with Crippen LogP contribution < -0.4 is 0 Å². The van der Waals surface area contributed by atoms with Gasteiger partial charge in [-0.15, -0.1) is 0 Å². The van der Waals surface area contributed by atoms with Crippen LogP contribution in [-0.4, -0.2) is 48.9 Å². The summed E-state index contributed by atoms with van der Waals surface area (Å²) in [5, 5.41) is 0. The predicted octanol–water partition coefficient (Wildman–Crippen LogP) is 6.96. The number of ketones is 1. The highest BCUT2D eigenvalue weighted by atomic mass is 16.6. The van der Waals surface area contributed by atoms with Gasteiger partial charge in [-0.25, -0.2) is 14.8 Å². The monoisotopic (exact) mass is 603 g/mol. The quantitative estimate of drug-likeness (QED) is 0.308. The number of nitrogens with zero attached hydrogens (tertiary/aromatic N) is 3. The first kappa shape index (κ1) is 29.4. The van der Waals surface area contributed by atoms with Gasteiger partial charge in [0.2, 0.25) is 0 Å². The molecule has 7 rings (SSSR count). The molecule has 232 valence electrons. The molecular formula is C37H41N5O3. The number of rotatable bonds is 2. The maximum Gasteiger partial charge on any atom is 0.410 e. The number of carbonyl (C=O) groups is 2. The van der Waals surface area contributed by atoms with Crippen molar-refractivity contribution in [3.05, 3.63) is 69.8 Å². The molecule has 2 aromatic heterocycles. The smallest absolute Gasteiger partial charge is 0.410 e. The van der Waals surface area contributed by atoms with E-state index >= 15 is 0 Å². The zero-order valence-corrected chi connectivity index (χ0v) is 26.5. The Kier molecular flexibility index (Phi) is 7.56. The van der Waals surface area contributed by atoms with E-state index in [4.69, 9.17) is 4.74 Å². The van der Waals surface area contributed by atoms with Crippen LogP contribution in [0.5, 0.6) is 0 Å². The molecular weight excluding hydrogens is 562 g/mol. The molecule has 1 saturated heterocycles. The van der Waals surface area contributed by atoms with Crippen molar-refractivity contribution >= 4 is 11.9 Å². The molecule has 0 radical (unpaired) electrons. The van der Waals surface area contributed by atoms with E-state index in [0.29, 0.717) is 24.0 Å². The van der Waals surface area contributed by atoms with Crippen LogP contribution in [0.25, 0.3) is 0 Å². The molecule has 2 N–H and O–H groups in total. The number of fused-ring (bicyclic) bond motifs is 1. The SMILES string of the molecule is CC(C)(C)OC(=O)N1CCC[C@H]1c1ncc(C#Cc2ccc(C#Cc3cnc(C4CCCC4)[nH]3)c3c2CC2(CCCC2)C3=O)[nH]1. The number of H-pyrrole nitrogens is 2. The van der Waals surface area contributed by atoms with E-state index in [1.807, 2.05) is 39.1 Å². The van der Waals surface area contributed by atoms with Crippen molar-refractivity contribution < 1.29 is 14.3 Å². The molecule has 0 bridgehead atoms. The summed E-state index contributed by atoms with van der Waals surface area (Å²) in [5.41, 5.74) is 3.99. The molecule has 1 aliphatic heterocycles. The molecule has 0 unspecified atom stereocenters. The molecule has 8 nitrogen and oxygen atoms in total. The van der Waals surface area contributed by atoms with Crippen LogP contribution in [0.2, 0.25) is 0 Å². The Hall–Kier alpha value is -4.30. The van der Waals surface area contributed by atoms with Gasteiger partial charge in [-0.3, -0.25) is 9.69 Å². The van der Waals surface area contributed by atoms with E-state index < -0.39 is 5.60 Å². The van der Waals surface area contributed by atoms with Crippen molar-refractivity contribution in [2.24, 2.45) is 5.41 Å². The zero-order valence-electron chi connectivity index (χ0n) is 26.5. The molecule has 1 atom stereocenters. The fourth-order valence-corrected chi connectivity index (χ4v) is 7.69. The van der Waals surface area contributed by atoms with Crippen LogP contribution in [0, 0.1) is 29.1 Å². The molecule has 1 amide bonds. The number of amides is 1. The Morgan fingerprint density at radius 2 is 1.53 bits per heavy atom. The number of likely N-dealkylation sites (tertiary alicyclic amines) is 1. The van der Waals surface area contributed by atoms with E-state index in [1.165, 1.54) is 25.7 Å². The first-order valence-electron chi connectivity index (χ1n) is 16.5. The lowest BCUT2D eigenvalue weighted by Crippen LogP contribution is -2.36. The summed E-state index contributed by atoms with van der Waals surface area (Å²) in [7, 11) is 0. The largest absolute Gasteiger partial charge is 0.444 e. The molecule has 8 heteroatoms. The van der Waals surface area contributed by atoms with Crippen LogP contribution >= 0.6 is 0 Å². The van der Waals surface area contributed by atoms with Gasteiger partial charge < -0.3 is 14.7 Å². The predicted molar refractivity (Wildman–Crippen MR) is 171 cm³/mol. The number of carbonyl (C=O) groups excluding carboxylic acids is 2. The van der Waals surface area contributed by atoms with Gasteiger partial charge in [0.05, 0.1) is 18.4 Å². The highest BCUT2D eigenvalue weighted by Gasteiger charge is 2.48. The Morgan fingerprint density at radius 3 is 2.24 bits per heavy atom. The van der Waals surface area contributed by atoms with Gasteiger partial charge in [0.1, 0.15) is 28.6 Å². The van der Waals surface area contributed by atoms with Gasteiger partial charge in [0, 0.05) is 34.6 Å². The normalized spacial score (nSPS) is 20.6. The number of benzene rings is 1. The number of imidazole rings is 2. The molecule has 1 aromatic carbocycles. The second kappa shape index (κ2) is 11.6. The summed E-state index contributed by atoms with van der Waals surface area (Å²) in [6, 6.07) is 3.79. The fraction of sp³-hybridized carbons (Fsp3) is 0.514. The molecule has 45 heavy (non-hydrogen) atoms. The summed E-state index contributed by atoms with van der Waals surface area (Å²) in [6.07, 6.45) is 14.5. The summed E-state index contributed by atoms with van der Waals surface area (Å²) >= 11 is 0. The number of hydrogen-bond acceptors (Lipinski definition) is 5. The first-order chi connectivity index (χ1) is 21.7. The second-order valence-electron chi connectivity index (χ2n) is 14.2. The third-order valence-electron chi connectivity index (χ3n) is 9.89. The highest BCUT2D eigenvalue weighted by molar-refractivity contribution is 6.07. The van der Waals surface area contributed by atoms with Crippen LogP contribution in [0.4, 0.5) is 4.79 Å². The standard InChI is InChI=1S/C37H41N5O3/c1-36(2,3)45-35(44)42-20-8-11-30(42)34-39-23-28(41-34)16-14-24-12-13-25(31-29(24)21-37(32(31)43)18-6-7-19-37)15-17-27-22-38-33(40-27)26-9-4-5-10-26/h12-13,22-23,26,30H,4-11,18-21H2,1-3H3,(H,38,40)(H,39,41)/t30-/m0/s1. The van der Waals surface area contributed by atoms with Crippen molar-refractivity contribution in [3.63, 3.8) is 0 Å². The van der Waals surface area contributed by atoms with Crippen molar-refractivity contribution in [1.82, 2.24) is 24.8 Å². The minimum Gasteiger partial charge on any atom is -0.444 e. The van der Waals surface area contributed by atoms with Gasteiger partial charge in [-0.1, -0.05) is 37.5 Å². The summed E-state index contributed by atoms with van der Waals surface area (Å²) in [4.78, 5) is 44.5. The van der Waals surface area contributed by atoms with E-state index in [-0.39, 0.29) is 23.3 Å². The Balaban J connectivity index is 1.16. The molecule has 3 aromatic rings. The van der Waals surface area contributed by atoms with Crippen molar-refractivity contribution in [2.75, 3.05) is 6.54 Å². The molecule has 3 aliphatic carbocycles. The van der Waals surface area contributed by atoms with Crippen molar-refractivity contribution in [3.8, 4) is 23.7 Å². The number of ether oxygens (including phenoxy) is 1. The number of nitrogens with one attached hydrogen (secondary N) is 2. The van der Waals surface area contributed by atoms with Crippen LogP contribution in [0.3, 0.4) is 0 Å². The molecule has 2 saturated carbocycles. The van der Waals surface area contributed by atoms with E-state index in [2.05, 4.69) is 43.6 Å². The average molecular weight is 604 g/mol. The third-order valence-corrected chi connectivity index (χ3v) is 9.89. The lowest BCUT2D eigenvalue weighted by Gasteiger charge is -2.27. The van der Waals surface area contributed by atoms with Gasteiger partial charge in [0.25, 0.3) is 0 Å². The molecule has 3 fully saturated rings. The van der Waals surface area contributed by atoms with E-state index in [1.54, 1.807) is 11.1 Å². The average Bonchev–Trinajstić information content (AvgIpc) is 3.85. The second-order valence-corrected chi connectivity index (χ2v) is 14.2. The molecule has 3 heterocycles. The topological polar surface area (TPSA) is 104 Å². The van der Waals surface area contributed by atoms with Crippen LogP contribution in [0.1, 0.15) is 147 Å². The summed E-state index contributed by atoms with van der Waals surface area (Å²) in [5.74, 6) is 15.7. The molecule has 4 aliphatic rings. The van der Waals surface area contributed by atoms with Gasteiger partial charge in [-0.2, -0.15) is 0 Å². The van der Waals surface area contributed by atoms with Crippen LogP contribution in [-0.2, 0) is 11.2 Å². The lowest BCUT2D eigenvalue weighted by atomic mass is 9.82. The van der Waals surface area contributed by atoms with E-state index in [0.717, 1.165) is 78.7 Å². The van der Waals surface area contributed by atoms with Crippen molar-refractivity contribution in [1.29, 1.82) is 0 Å². The van der Waals surface area contributed by atoms with E-state index in [9.17, 15) is 9.59 Å². The summed E-state index contributed by atoms with van der Waals surface area (Å²) in [6.45, 7) is 6.27. The maximum atomic E-state index is 14.0. The highest BCUT2D eigenvalue weighted by Crippen LogP contribution is 2.50. The van der Waals surface area contributed by atoms with Gasteiger partial charge >= 0.3 is 6.09 Å². The lowest BCUT2D eigenvalue weighted by molar-refractivity contribution is 0.0218. The number of aromatic nitrogens is 4. The van der Waals surface area contributed by atoms with Crippen LogP contribution in [0.15, 0.2) is 24.5 Å². The third kappa shape index (κ3) is 5.79. The Morgan fingerprint density at radius 1 is 0.889 bits per heavy atom. The van der Waals surface area contributed by atoms with Crippen molar-refractivity contribution in [2.45, 2.75) is 109 Å². The minimum atomic E-state index is -0.554. The van der Waals surface area contributed by atoms with Gasteiger partial charge in [0.15, 0.2) is 5.78 Å². The first-order valence-corrected chi connectivity index (χ1v) is 16.5. The molecule has 1 spiro atoms. The summed E-state index contributed by atoms with van der Waals surface area (Å²) < 4.78 is 5.63.